The summed E-state index contributed by atoms with van der Waals surface area (Å²) in [7, 11) is 0. The number of carbonyl (C=O) groups is 1. The molecule has 2 aromatic rings. The van der Waals surface area contributed by atoms with Crippen molar-refractivity contribution in [3.05, 3.63) is 53.7 Å². The minimum absolute atomic E-state index is 0.0498. The van der Waals surface area contributed by atoms with Crippen LogP contribution in [0.3, 0.4) is 0 Å². The third-order valence-corrected chi connectivity index (χ3v) is 6.71. The van der Waals surface area contributed by atoms with Gasteiger partial charge in [0.2, 0.25) is 0 Å². The molecule has 1 heterocycles. The molecule has 4 heteroatoms. The molecule has 4 unspecified atom stereocenters. The molecule has 0 bridgehead atoms. The number of anilines is 1. The second kappa shape index (κ2) is 5.32. The van der Waals surface area contributed by atoms with Crippen molar-refractivity contribution in [3.8, 4) is 0 Å². The average Bonchev–Trinajstić information content (AvgIpc) is 2.97. The lowest BCUT2D eigenvalue weighted by atomic mass is 9.66. The maximum atomic E-state index is 13.0. The fourth-order valence-electron chi connectivity index (χ4n) is 5.30. The van der Waals surface area contributed by atoms with Crippen LogP contribution in [0, 0.1) is 24.2 Å². The number of aromatic nitrogens is 2. The summed E-state index contributed by atoms with van der Waals surface area (Å²) in [5, 5.41) is 7.06. The van der Waals surface area contributed by atoms with Gasteiger partial charge >= 0.3 is 0 Å². The van der Waals surface area contributed by atoms with Crippen molar-refractivity contribution in [2.45, 2.75) is 38.6 Å². The summed E-state index contributed by atoms with van der Waals surface area (Å²) in [5.74, 6) is 2.49. The van der Waals surface area contributed by atoms with Gasteiger partial charge in [0.25, 0.3) is 5.91 Å². The molecule has 1 N–H and O–H groups in total. The van der Waals surface area contributed by atoms with Crippen molar-refractivity contribution >= 4 is 17.8 Å². The number of nitrogens with zero attached hydrogens (tertiary/aromatic N) is 2. The van der Waals surface area contributed by atoms with Crippen molar-refractivity contribution in [2.24, 2.45) is 17.3 Å². The maximum Gasteiger partial charge on any atom is 0.252 e. The summed E-state index contributed by atoms with van der Waals surface area (Å²) < 4.78 is 0. The van der Waals surface area contributed by atoms with Gasteiger partial charge in [0.1, 0.15) is 5.82 Å². The van der Waals surface area contributed by atoms with Crippen molar-refractivity contribution < 1.29 is 4.79 Å². The summed E-state index contributed by atoms with van der Waals surface area (Å²) in [6, 6.07) is 10.5. The Morgan fingerprint density at radius 3 is 2.76 bits per heavy atom. The molecule has 0 saturated heterocycles. The monoisotopic (exact) mass is 333 g/mol. The van der Waals surface area contributed by atoms with Gasteiger partial charge < -0.3 is 0 Å². The lowest BCUT2D eigenvalue weighted by molar-refractivity contribution is -0.115. The summed E-state index contributed by atoms with van der Waals surface area (Å²) in [5.41, 5.74) is 2.86. The highest BCUT2D eigenvalue weighted by Crippen LogP contribution is 2.76. The molecule has 3 aliphatic carbocycles. The third kappa shape index (κ3) is 2.27. The number of aryl methyl sites for hydroxylation is 1. The van der Waals surface area contributed by atoms with Crippen molar-refractivity contribution in [1.29, 1.82) is 0 Å². The number of carbonyl (C=O) groups excluding carboxylic acids is 1. The summed E-state index contributed by atoms with van der Waals surface area (Å²) in [6.45, 7) is 2.07. The maximum absolute atomic E-state index is 13.0. The number of hydrogen-bond donors (Lipinski definition) is 1. The molecule has 1 amide bonds. The molecule has 3 aliphatic rings. The SMILES string of the molecule is Cc1ccc(/C=C/C(=O)N(c2ccn[nH]2)C2CC34CC3CCC24)cc1. The molecular formula is C21H23N3O. The predicted octanol–water partition coefficient (Wildman–Crippen LogP) is 3.95. The van der Waals surface area contributed by atoms with Crippen LogP contribution in [0.2, 0.25) is 0 Å². The summed E-state index contributed by atoms with van der Waals surface area (Å²) in [6.07, 6.45) is 10.5. The van der Waals surface area contributed by atoms with E-state index in [1.807, 2.05) is 29.2 Å². The molecule has 5 rings (SSSR count). The van der Waals surface area contributed by atoms with Gasteiger partial charge in [-0.25, -0.2) is 0 Å². The van der Waals surface area contributed by atoms with Crippen LogP contribution < -0.4 is 4.90 Å². The van der Waals surface area contributed by atoms with E-state index in [0.29, 0.717) is 17.4 Å². The fraction of sp³-hybridized carbons (Fsp3) is 0.429. The number of rotatable bonds is 4. The largest absolute Gasteiger partial charge is 0.290 e. The highest BCUT2D eigenvalue weighted by atomic mass is 16.2. The Hall–Kier alpha value is -2.36. The molecule has 0 radical (unpaired) electrons. The molecule has 3 saturated carbocycles. The van der Waals surface area contributed by atoms with E-state index in [4.69, 9.17) is 0 Å². The molecule has 25 heavy (non-hydrogen) atoms. The van der Waals surface area contributed by atoms with Crippen molar-refractivity contribution in [3.63, 3.8) is 0 Å². The van der Waals surface area contributed by atoms with Crippen LogP contribution in [0.25, 0.3) is 6.08 Å². The van der Waals surface area contributed by atoms with Crippen LogP contribution >= 0.6 is 0 Å². The van der Waals surface area contributed by atoms with E-state index in [9.17, 15) is 4.79 Å². The lowest BCUT2D eigenvalue weighted by Gasteiger charge is -2.48. The molecule has 4 nitrogen and oxygen atoms in total. The van der Waals surface area contributed by atoms with Crippen LogP contribution in [0.15, 0.2) is 42.6 Å². The van der Waals surface area contributed by atoms with Crippen LogP contribution in [-0.2, 0) is 4.79 Å². The molecule has 3 fully saturated rings. The molecular weight excluding hydrogens is 310 g/mol. The first-order valence-corrected chi connectivity index (χ1v) is 9.25. The minimum Gasteiger partial charge on any atom is -0.290 e. The highest BCUT2D eigenvalue weighted by molar-refractivity contribution is 6.04. The van der Waals surface area contributed by atoms with Crippen molar-refractivity contribution in [2.75, 3.05) is 4.90 Å². The Bertz CT molecular complexity index is 821. The van der Waals surface area contributed by atoms with Gasteiger partial charge in [-0.1, -0.05) is 29.8 Å². The quantitative estimate of drug-likeness (QED) is 0.861. The van der Waals surface area contributed by atoms with Crippen molar-refractivity contribution in [1.82, 2.24) is 10.2 Å². The fourth-order valence-corrected chi connectivity index (χ4v) is 5.30. The van der Waals surface area contributed by atoms with E-state index >= 15 is 0 Å². The van der Waals surface area contributed by atoms with E-state index in [2.05, 4.69) is 29.3 Å². The van der Waals surface area contributed by atoms with Crippen LogP contribution in [0.4, 0.5) is 5.82 Å². The lowest BCUT2D eigenvalue weighted by Crippen LogP contribution is -2.55. The third-order valence-electron chi connectivity index (χ3n) is 6.71. The first kappa shape index (κ1) is 14.9. The van der Waals surface area contributed by atoms with Crippen LogP contribution in [0.1, 0.15) is 36.8 Å². The van der Waals surface area contributed by atoms with Crippen LogP contribution in [-0.4, -0.2) is 22.1 Å². The molecule has 1 aromatic carbocycles. The standard InChI is InChI=1S/C21H23N3O/c1-14-2-4-15(5-3-14)6-9-20(25)24(19-10-11-22-23-19)18-13-21-12-16(21)7-8-17(18)21/h2-6,9-11,16-18H,7-8,12-13H2,1H3,(H,22,23)/b9-6+. The molecule has 1 spiro atoms. The Morgan fingerprint density at radius 2 is 2.08 bits per heavy atom. The first-order chi connectivity index (χ1) is 12.2. The average molecular weight is 333 g/mol. The van der Waals surface area contributed by atoms with Gasteiger partial charge in [-0.2, -0.15) is 5.10 Å². The van der Waals surface area contributed by atoms with Gasteiger partial charge in [-0.15, -0.1) is 0 Å². The van der Waals surface area contributed by atoms with E-state index in [1.54, 1.807) is 12.3 Å². The molecule has 0 aliphatic heterocycles. The number of nitrogens with one attached hydrogen (secondary N) is 1. The Balaban J connectivity index is 1.39. The zero-order chi connectivity index (χ0) is 17.0. The van der Waals surface area contributed by atoms with Gasteiger partial charge in [0.15, 0.2) is 0 Å². The van der Waals surface area contributed by atoms with Gasteiger partial charge in [-0.05, 0) is 61.5 Å². The predicted molar refractivity (Wildman–Crippen MR) is 98.0 cm³/mol. The van der Waals surface area contributed by atoms with E-state index in [-0.39, 0.29) is 5.91 Å². The normalized spacial score (nSPS) is 32.1. The Labute approximate surface area is 147 Å². The Morgan fingerprint density at radius 1 is 1.24 bits per heavy atom. The smallest absolute Gasteiger partial charge is 0.252 e. The van der Waals surface area contributed by atoms with E-state index < -0.39 is 0 Å². The number of amides is 1. The zero-order valence-corrected chi connectivity index (χ0v) is 14.5. The molecule has 4 atom stereocenters. The van der Waals surface area contributed by atoms with Gasteiger partial charge in [-0.3, -0.25) is 14.8 Å². The topological polar surface area (TPSA) is 49.0 Å². The second-order valence-corrected chi connectivity index (χ2v) is 7.98. The minimum atomic E-state index is 0.0498. The second-order valence-electron chi connectivity index (χ2n) is 7.98. The number of benzene rings is 1. The van der Waals surface area contributed by atoms with E-state index in [1.165, 1.54) is 24.8 Å². The Kier molecular flexibility index (Phi) is 3.18. The summed E-state index contributed by atoms with van der Waals surface area (Å²) >= 11 is 0. The zero-order valence-electron chi connectivity index (χ0n) is 14.5. The first-order valence-electron chi connectivity index (χ1n) is 9.25. The molecule has 128 valence electrons. The number of hydrogen-bond acceptors (Lipinski definition) is 2. The molecule has 1 aromatic heterocycles. The number of aromatic amines is 1. The van der Waals surface area contributed by atoms with Crippen LogP contribution in [0.5, 0.6) is 0 Å². The van der Waals surface area contributed by atoms with E-state index in [0.717, 1.165) is 23.7 Å². The van der Waals surface area contributed by atoms with Gasteiger partial charge in [0.05, 0.1) is 6.20 Å². The number of H-pyrrole nitrogens is 1. The summed E-state index contributed by atoms with van der Waals surface area (Å²) in [4.78, 5) is 15.0. The van der Waals surface area contributed by atoms with Gasteiger partial charge in [0, 0.05) is 18.2 Å². The highest BCUT2D eigenvalue weighted by Gasteiger charge is 2.72.